The molecule has 4 nitrogen and oxygen atoms in total. The number of amides is 1. The quantitative estimate of drug-likeness (QED) is 0.843. The van der Waals surface area contributed by atoms with Crippen molar-refractivity contribution in [1.82, 2.24) is 10.3 Å². The van der Waals surface area contributed by atoms with Crippen LogP contribution in [0.5, 0.6) is 0 Å². The summed E-state index contributed by atoms with van der Waals surface area (Å²) >= 11 is 1.48. The third kappa shape index (κ3) is 1.87. The fourth-order valence-electron chi connectivity index (χ4n) is 3.20. The molecule has 1 aromatic rings. The van der Waals surface area contributed by atoms with E-state index in [1.165, 1.54) is 30.6 Å². The summed E-state index contributed by atoms with van der Waals surface area (Å²) in [5.41, 5.74) is -0.177. The highest BCUT2D eigenvalue weighted by Gasteiger charge is 2.49. The number of rotatable bonds is 2. The SMILES string of the molecule is O=C(Nc1nccs1)[C@@]12CCCC[C@H]1CNC2. The van der Waals surface area contributed by atoms with E-state index in [-0.39, 0.29) is 11.3 Å². The van der Waals surface area contributed by atoms with E-state index in [1.807, 2.05) is 5.38 Å². The summed E-state index contributed by atoms with van der Waals surface area (Å²) < 4.78 is 0. The molecule has 92 valence electrons. The first-order valence-electron chi connectivity index (χ1n) is 6.23. The minimum absolute atomic E-state index is 0.169. The molecule has 2 heterocycles. The molecule has 0 spiro atoms. The van der Waals surface area contributed by atoms with Gasteiger partial charge in [-0.05, 0) is 25.3 Å². The highest BCUT2D eigenvalue weighted by Crippen LogP contribution is 2.44. The summed E-state index contributed by atoms with van der Waals surface area (Å²) in [5, 5.41) is 8.98. The number of hydrogen-bond donors (Lipinski definition) is 2. The standard InChI is InChI=1S/C12H17N3OS/c16-10(15-11-14-5-6-17-11)12-4-2-1-3-9(12)7-13-8-12/h5-6,9,13H,1-4,7-8H2,(H,14,15,16)/t9-,12+/m0/s1. The van der Waals surface area contributed by atoms with Gasteiger partial charge in [0.05, 0.1) is 5.41 Å². The maximum Gasteiger partial charge on any atom is 0.233 e. The van der Waals surface area contributed by atoms with Gasteiger partial charge in [0.1, 0.15) is 0 Å². The van der Waals surface area contributed by atoms with Gasteiger partial charge in [0.2, 0.25) is 5.91 Å². The minimum atomic E-state index is -0.177. The summed E-state index contributed by atoms with van der Waals surface area (Å²) in [6.07, 6.45) is 6.35. The number of aromatic nitrogens is 1. The predicted octanol–water partition coefficient (Wildman–Crippen LogP) is 1.86. The third-order valence-electron chi connectivity index (χ3n) is 4.14. The second kappa shape index (κ2) is 4.38. The third-order valence-corrected chi connectivity index (χ3v) is 4.83. The lowest BCUT2D eigenvalue weighted by atomic mass is 9.68. The van der Waals surface area contributed by atoms with E-state index in [2.05, 4.69) is 15.6 Å². The van der Waals surface area contributed by atoms with Crippen LogP contribution in [0.4, 0.5) is 5.13 Å². The number of fused-ring (bicyclic) bond motifs is 1. The van der Waals surface area contributed by atoms with Crippen molar-refractivity contribution >= 4 is 22.4 Å². The Labute approximate surface area is 105 Å². The van der Waals surface area contributed by atoms with Gasteiger partial charge in [-0.1, -0.05) is 12.8 Å². The van der Waals surface area contributed by atoms with Crippen molar-refractivity contribution in [2.75, 3.05) is 18.4 Å². The zero-order chi connectivity index (χ0) is 11.7. The van der Waals surface area contributed by atoms with Gasteiger partial charge in [-0.15, -0.1) is 11.3 Å². The Balaban J connectivity index is 1.79. The number of carbonyl (C=O) groups is 1. The van der Waals surface area contributed by atoms with Gasteiger partial charge >= 0.3 is 0 Å². The van der Waals surface area contributed by atoms with Gasteiger partial charge in [0.25, 0.3) is 0 Å². The monoisotopic (exact) mass is 251 g/mol. The number of nitrogens with zero attached hydrogens (tertiary/aromatic N) is 1. The lowest BCUT2D eigenvalue weighted by Crippen LogP contribution is -2.44. The van der Waals surface area contributed by atoms with Gasteiger partial charge in [0, 0.05) is 18.1 Å². The molecule has 1 saturated heterocycles. The Morgan fingerprint density at radius 2 is 2.53 bits per heavy atom. The van der Waals surface area contributed by atoms with E-state index in [1.54, 1.807) is 6.20 Å². The Hall–Kier alpha value is -0.940. The molecular weight excluding hydrogens is 234 g/mol. The molecule has 5 heteroatoms. The topological polar surface area (TPSA) is 54.0 Å². The van der Waals surface area contributed by atoms with Crippen molar-refractivity contribution < 1.29 is 4.79 Å². The van der Waals surface area contributed by atoms with Crippen LogP contribution in [0, 0.1) is 11.3 Å². The molecule has 2 atom stereocenters. The van der Waals surface area contributed by atoms with Crippen LogP contribution in [0.15, 0.2) is 11.6 Å². The Kier molecular flexibility index (Phi) is 2.88. The molecule has 2 fully saturated rings. The van der Waals surface area contributed by atoms with Crippen LogP contribution in [0.2, 0.25) is 0 Å². The van der Waals surface area contributed by atoms with Gasteiger partial charge in [0.15, 0.2) is 5.13 Å². The zero-order valence-corrected chi connectivity index (χ0v) is 10.6. The molecule has 1 aliphatic carbocycles. The summed E-state index contributed by atoms with van der Waals surface area (Å²) in [5.74, 6) is 0.679. The summed E-state index contributed by atoms with van der Waals surface area (Å²) in [6.45, 7) is 1.82. The molecule has 1 aromatic heterocycles. The summed E-state index contributed by atoms with van der Waals surface area (Å²) in [6, 6.07) is 0. The normalized spacial score (nSPS) is 32.1. The predicted molar refractivity (Wildman–Crippen MR) is 68.0 cm³/mol. The van der Waals surface area contributed by atoms with Gasteiger partial charge in [-0.2, -0.15) is 0 Å². The van der Waals surface area contributed by atoms with Crippen LogP contribution in [-0.4, -0.2) is 24.0 Å². The highest BCUT2D eigenvalue weighted by molar-refractivity contribution is 7.13. The summed E-state index contributed by atoms with van der Waals surface area (Å²) in [7, 11) is 0. The van der Waals surface area contributed by atoms with Crippen LogP contribution >= 0.6 is 11.3 Å². The van der Waals surface area contributed by atoms with Crippen LogP contribution < -0.4 is 10.6 Å². The number of nitrogens with one attached hydrogen (secondary N) is 2. The Morgan fingerprint density at radius 3 is 3.35 bits per heavy atom. The van der Waals surface area contributed by atoms with E-state index >= 15 is 0 Å². The highest BCUT2D eigenvalue weighted by atomic mass is 32.1. The maximum absolute atomic E-state index is 12.5. The number of carbonyl (C=O) groups excluding carboxylic acids is 1. The van der Waals surface area contributed by atoms with Gasteiger partial charge in [-0.25, -0.2) is 4.98 Å². The van der Waals surface area contributed by atoms with E-state index in [0.29, 0.717) is 5.92 Å². The first kappa shape index (κ1) is 11.2. The second-order valence-corrected chi connectivity index (χ2v) is 5.92. The molecule has 0 bridgehead atoms. The van der Waals surface area contributed by atoms with E-state index in [0.717, 1.165) is 24.6 Å². The lowest BCUT2D eigenvalue weighted by molar-refractivity contribution is -0.128. The summed E-state index contributed by atoms with van der Waals surface area (Å²) in [4.78, 5) is 16.6. The fourth-order valence-corrected chi connectivity index (χ4v) is 3.72. The molecule has 1 saturated carbocycles. The van der Waals surface area contributed by atoms with Crippen LogP contribution in [0.3, 0.4) is 0 Å². The Morgan fingerprint density at radius 1 is 1.59 bits per heavy atom. The molecule has 3 rings (SSSR count). The molecule has 2 aliphatic rings. The van der Waals surface area contributed by atoms with Crippen molar-refractivity contribution in [2.24, 2.45) is 11.3 Å². The number of hydrogen-bond acceptors (Lipinski definition) is 4. The minimum Gasteiger partial charge on any atom is -0.315 e. The van der Waals surface area contributed by atoms with Gasteiger partial charge in [-0.3, -0.25) is 4.79 Å². The maximum atomic E-state index is 12.5. The molecule has 0 radical (unpaired) electrons. The number of anilines is 1. The van der Waals surface area contributed by atoms with Crippen molar-refractivity contribution in [3.63, 3.8) is 0 Å². The van der Waals surface area contributed by atoms with Crippen molar-refractivity contribution in [3.05, 3.63) is 11.6 Å². The van der Waals surface area contributed by atoms with E-state index < -0.39 is 0 Å². The number of thiazole rings is 1. The zero-order valence-electron chi connectivity index (χ0n) is 9.74. The average Bonchev–Trinajstić information content (AvgIpc) is 2.96. The second-order valence-electron chi connectivity index (χ2n) is 5.02. The molecular formula is C12H17N3OS. The van der Waals surface area contributed by atoms with E-state index in [9.17, 15) is 4.79 Å². The van der Waals surface area contributed by atoms with Crippen LogP contribution in [0.25, 0.3) is 0 Å². The van der Waals surface area contributed by atoms with Gasteiger partial charge < -0.3 is 10.6 Å². The smallest absolute Gasteiger partial charge is 0.233 e. The van der Waals surface area contributed by atoms with Crippen molar-refractivity contribution in [1.29, 1.82) is 0 Å². The lowest BCUT2D eigenvalue weighted by Gasteiger charge is -2.36. The van der Waals surface area contributed by atoms with Crippen molar-refractivity contribution in [3.8, 4) is 0 Å². The molecule has 1 aliphatic heterocycles. The fraction of sp³-hybridized carbons (Fsp3) is 0.667. The molecule has 0 aromatic carbocycles. The molecule has 1 amide bonds. The first-order chi connectivity index (χ1) is 8.31. The largest absolute Gasteiger partial charge is 0.315 e. The molecule has 2 N–H and O–H groups in total. The molecule has 17 heavy (non-hydrogen) atoms. The van der Waals surface area contributed by atoms with E-state index in [4.69, 9.17) is 0 Å². The van der Waals surface area contributed by atoms with Crippen LogP contribution in [0.1, 0.15) is 25.7 Å². The van der Waals surface area contributed by atoms with Crippen LogP contribution in [-0.2, 0) is 4.79 Å². The van der Waals surface area contributed by atoms with Crippen molar-refractivity contribution in [2.45, 2.75) is 25.7 Å². The average molecular weight is 251 g/mol. The molecule has 0 unspecified atom stereocenters. The first-order valence-corrected chi connectivity index (χ1v) is 7.11. The Bertz CT molecular complexity index is 406.